The molecule has 0 unspecified atom stereocenters. The van der Waals surface area contributed by atoms with Crippen LogP contribution in [0.1, 0.15) is 22.8 Å². The van der Waals surface area contributed by atoms with E-state index in [1.54, 1.807) is 22.9 Å². The zero-order chi connectivity index (χ0) is 22.1. The molecular weight excluding hydrogens is 416 g/mol. The number of nitrogens with zero attached hydrogens (tertiary/aromatic N) is 5. The fraction of sp³-hybridized carbons (Fsp3) is 0.190. The quantitative estimate of drug-likeness (QED) is 0.361. The highest BCUT2D eigenvalue weighted by molar-refractivity contribution is 7.12. The summed E-state index contributed by atoms with van der Waals surface area (Å²) in [5.41, 5.74) is 4.18. The molecule has 9 nitrogen and oxygen atoms in total. The van der Waals surface area contributed by atoms with Crippen LogP contribution in [0, 0.1) is 30.9 Å². The number of nitro benzene ring substituents is 1. The summed E-state index contributed by atoms with van der Waals surface area (Å²) in [6.07, 6.45) is 0.125. The first-order valence-corrected chi connectivity index (χ1v) is 10.4. The molecular formula is C21H20N6O3S. The minimum atomic E-state index is -0.459. The molecule has 0 radical (unpaired) electrons. The number of aryl methyl sites for hydroxylation is 3. The van der Waals surface area contributed by atoms with Crippen molar-refractivity contribution in [3.63, 3.8) is 0 Å². The third kappa shape index (κ3) is 4.24. The van der Waals surface area contributed by atoms with Crippen molar-refractivity contribution in [2.45, 2.75) is 27.2 Å². The summed E-state index contributed by atoms with van der Waals surface area (Å²) in [4.78, 5) is 27.7. The van der Waals surface area contributed by atoms with Crippen LogP contribution >= 0.6 is 11.3 Å². The molecule has 1 aromatic carbocycles. The first-order chi connectivity index (χ1) is 14.8. The molecule has 0 fully saturated rings. The van der Waals surface area contributed by atoms with E-state index in [2.05, 4.69) is 20.0 Å². The average molecular weight is 436 g/mol. The van der Waals surface area contributed by atoms with Gasteiger partial charge in [0, 0.05) is 35.0 Å². The van der Waals surface area contributed by atoms with Gasteiger partial charge in [-0.25, -0.2) is 9.67 Å². The van der Waals surface area contributed by atoms with Crippen LogP contribution in [0.2, 0.25) is 0 Å². The molecule has 0 saturated heterocycles. The Morgan fingerprint density at radius 1 is 1.13 bits per heavy atom. The minimum absolute atomic E-state index is 0.00860. The summed E-state index contributed by atoms with van der Waals surface area (Å²) in [7, 11) is 0. The van der Waals surface area contributed by atoms with Crippen LogP contribution in [-0.4, -0.2) is 30.2 Å². The van der Waals surface area contributed by atoms with Gasteiger partial charge in [0.2, 0.25) is 5.91 Å². The second-order valence-corrected chi connectivity index (χ2v) is 7.99. The Labute approximate surface area is 182 Å². The van der Waals surface area contributed by atoms with E-state index in [9.17, 15) is 14.9 Å². The van der Waals surface area contributed by atoms with Crippen LogP contribution in [0.5, 0.6) is 0 Å². The Morgan fingerprint density at radius 2 is 1.81 bits per heavy atom. The zero-order valence-corrected chi connectivity index (χ0v) is 18.0. The molecule has 0 aliphatic rings. The predicted octanol–water partition coefficient (Wildman–Crippen LogP) is 4.13. The lowest BCUT2D eigenvalue weighted by atomic mass is 10.3. The Balaban J connectivity index is 1.50. The first-order valence-electron chi connectivity index (χ1n) is 9.53. The highest BCUT2D eigenvalue weighted by Crippen LogP contribution is 2.22. The number of non-ortho nitro benzene ring substituents is 1. The number of thiazole rings is 1. The molecule has 0 aliphatic heterocycles. The summed E-state index contributed by atoms with van der Waals surface area (Å²) < 4.78 is 3.61. The standard InChI is InChI=1S/C21H20N6O3S/c1-13-10-19(26(24-13)17-6-8-18(9-7-17)27(29)30)23-20(28)11-16-12-31-21(22-16)25-14(2)4-5-15(25)3/h4-10,12H,11H2,1-3H3,(H,23,28). The lowest BCUT2D eigenvalue weighted by Crippen LogP contribution is -2.17. The second-order valence-electron chi connectivity index (χ2n) is 7.15. The molecule has 0 spiro atoms. The van der Waals surface area contributed by atoms with Crippen molar-refractivity contribution in [1.29, 1.82) is 0 Å². The third-order valence-corrected chi connectivity index (χ3v) is 5.62. The summed E-state index contributed by atoms with van der Waals surface area (Å²) in [5.74, 6) is 0.268. The van der Waals surface area contributed by atoms with E-state index in [1.807, 2.05) is 38.3 Å². The van der Waals surface area contributed by atoms with Gasteiger partial charge in [-0.3, -0.25) is 19.5 Å². The van der Waals surface area contributed by atoms with E-state index in [1.165, 1.54) is 23.5 Å². The van der Waals surface area contributed by atoms with E-state index < -0.39 is 4.92 Å². The topological polar surface area (TPSA) is 108 Å². The molecule has 3 heterocycles. The molecule has 10 heteroatoms. The maximum atomic E-state index is 12.7. The number of aromatic nitrogens is 4. The summed E-state index contributed by atoms with van der Waals surface area (Å²) in [6.45, 7) is 5.84. The largest absolute Gasteiger partial charge is 0.310 e. The molecule has 1 amide bonds. The second kappa shape index (κ2) is 8.15. The number of benzene rings is 1. The Hall–Kier alpha value is -3.79. The fourth-order valence-electron chi connectivity index (χ4n) is 3.30. The van der Waals surface area contributed by atoms with Crippen molar-refractivity contribution in [2.75, 3.05) is 5.32 Å². The van der Waals surface area contributed by atoms with Gasteiger partial charge >= 0.3 is 0 Å². The summed E-state index contributed by atoms with van der Waals surface area (Å²) in [5, 5.41) is 20.8. The predicted molar refractivity (Wildman–Crippen MR) is 118 cm³/mol. The molecule has 4 aromatic rings. The van der Waals surface area contributed by atoms with Crippen molar-refractivity contribution in [1.82, 2.24) is 19.3 Å². The summed E-state index contributed by atoms with van der Waals surface area (Å²) >= 11 is 1.49. The van der Waals surface area contributed by atoms with E-state index in [4.69, 9.17) is 0 Å². The highest BCUT2D eigenvalue weighted by atomic mass is 32.1. The van der Waals surface area contributed by atoms with Gasteiger partial charge in [0.05, 0.1) is 28.4 Å². The summed E-state index contributed by atoms with van der Waals surface area (Å²) in [6, 6.07) is 11.8. The van der Waals surface area contributed by atoms with Crippen LogP contribution < -0.4 is 5.32 Å². The normalized spacial score (nSPS) is 10.9. The lowest BCUT2D eigenvalue weighted by Gasteiger charge is -2.08. The van der Waals surface area contributed by atoms with Gasteiger partial charge in [-0.05, 0) is 45.0 Å². The van der Waals surface area contributed by atoms with Crippen LogP contribution in [0.15, 0.2) is 47.8 Å². The van der Waals surface area contributed by atoms with E-state index >= 15 is 0 Å². The van der Waals surface area contributed by atoms with Gasteiger partial charge in [0.25, 0.3) is 5.69 Å². The maximum Gasteiger partial charge on any atom is 0.269 e. The third-order valence-electron chi connectivity index (χ3n) is 4.75. The van der Waals surface area contributed by atoms with Gasteiger partial charge < -0.3 is 5.32 Å². The molecule has 0 aliphatic carbocycles. The number of hydrogen-bond donors (Lipinski definition) is 1. The van der Waals surface area contributed by atoms with Crippen molar-refractivity contribution in [3.8, 4) is 10.8 Å². The molecule has 4 rings (SSSR count). The molecule has 0 bridgehead atoms. The SMILES string of the molecule is Cc1cc(NC(=O)Cc2csc(-n3c(C)ccc3C)n2)n(-c2ccc([N+](=O)[O-])cc2)n1. The van der Waals surface area contributed by atoms with Crippen molar-refractivity contribution in [2.24, 2.45) is 0 Å². The highest BCUT2D eigenvalue weighted by Gasteiger charge is 2.15. The van der Waals surface area contributed by atoms with Crippen LogP contribution in [-0.2, 0) is 11.2 Å². The minimum Gasteiger partial charge on any atom is -0.310 e. The van der Waals surface area contributed by atoms with Crippen molar-refractivity contribution < 1.29 is 9.72 Å². The molecule has 158 valence electrons. The molecule has 0 saturated carbocycles. The first kappa shape index (κ1) is 20.5. The zero-order valence-electron chi connectivity index (χ0n) is 17.2. The fourth-order valence-corrected chi connectivity index (χ4v) is 4.24. The molecule has 0 atom stereocenters. The number of hydrogen-bond acceptors (Lipinski definition) is 6. The van der Waals surface area contributed by atoms with Gasteiger partial charge in [-0.15, -0.1) is 11.3 Å². The number of carbonyl (C=O) groups is 1. The van der Waals surface area contributed by atoms with E-state index in [-0.39, 0.29) is 18.0 Å². The smallest absolute Gasteiger partial charge is 0.269 e. The molecule has 1 N–H and O–H groups in total. The monoisotopic (exact) mass is 436 g/mol. The number of carbonyl (C=O) groups excluding carboxylic acids is 1. The van der Waals surface area contributed by atoms with Crippen LogP contribution in [0.4, 0.5) is 11.5 Å². The number of amides is 1. The van der Waals surface area contributed by atoms with Crippen molar-refractivity contribution >= 4 is 28.7 Å². The van der Waals surface area contributed by atoms with Gasteiger partial charge in [-0.2, -0.15) is 5.10 Å². The maximum absolute atomic E-state index is 12.7. The molecule has 31 heavy (non-hydrogen) atoms. The van der Waals surface area contributed by atoms with E-state index in [0.717, 1.165) is 16.5 Å². The Bertz CT molecular complexity index is 1250. The lowest BCUT2D eigenvalue weighted by molar-refractivity contribution is -0.384. The number of nitro groups is 1. The van der Waals surface area contributed by atoms with Crippen molar-refractivity contribution in [3.05, 3.63) is 80.7 Å². The Kier molecular flexibility index (Phi) is 5.38. The molecule has 3 aromatic heterocycles. The van der Waals surface area contributed by atoms with Gasteiger partial charge in [0.15, 0.2) is 5.13 Å². The Morgan fingerprint density at radius 3 is 2.45 bits per heavy atom. The number of rotatable bonds is 6. The van der Waals surface area contributed by atoms with Gasteiger partial charge in [-0.1, -0.05) is 0 Å². The van der Waals surface area contributed by atoms with Crippen LogP contribution in [0.25, 0.3) is 10.8 Å². The van der Waals surface area contributed by atoms with E-state index in [0.29, 0.717) is 22.9 Å². The van der Waals surface area contributed by atoms with Gasteiger partial charge in [0.1, 0.15) is 5.82 Å². The number of anilines is 1. The average Bonchev–Trinajstić information content (AvgIpc) is 3.41. The van der Waals surface area contributed by atoms with Crippen LogP contribution in [0.3, 0.4) is 0 Å². The number of nitrogens with one attached hydrogen (secondary N) is 1.